The lowest BCUT2D eigenvalue weighted by molar-refractivity contribution is -0.102. The molecule has 3 fully saturated rings. The quantitative estimate of drug-likeness (QED) is 0.509. The van der Waals surface area contributed by atoms with E-state index in [9.17, 15) is 0 Å². The van der Waals surface area contributed by atoms with Crippen LogP contribution < -0.4 is 0 Å². The molecule has 0 heterocycles. The highest BCUT2D eigenvalue weighted by Crippen LogP contribution is 2.63. The van der Waals surface area contributed by atoms with Crippen molar-refractivity contribution in [2.45, 2.75) is 80.1 Å². The second-order valence-corrected chi connectivity index (χ2v) is 10.6. The van der Waals surface area contributed by atoms with Gasteiger partial charge in [-0.05, 0) is 78.4 Å². The highest BCUT2D eigenvalue weighted by Gasteiger charge is 2.53. The second kappa shape index (κ2) is 4.01. The maximum Gasteiger partial charge on any atom is -0.0328 e. The molecule has 3 rings (SSSR count). The molecule has 19 heavy (non-hydrogen) atoms. The van der Waals surface area contributed by atoms with Crippen LogP contribution in [0, 0.1) is 39.9 Å². The first-order chi connectivity index (χ1) is 8.57. The summed E-state index contributed by atoms with van der Waals surface area (Å²) in [5.41, 5.74) is 1.78. The van der Waals surface area contributed by atoms with E-state index in [0.717, 1.165) is 23.7 Å². The first-order valence-corrected chi connectivity index (χ1v) is 8.57. The van der Waals surface area contributed by atoms with Crippen LogP contribution in [0.2, 0.25) is 0 Å². The molecule has 0 aromatic carbocycles. The summed E-state index contributed by atoms with van der Waals surface area (Å²) < 4.78 is 0. The van der Waals surface area contributed by atoms with Crippen LogP contribution in [0.4, 0.5) is 0 Å². The molecule has 0 nitrogen and oxygen atoms in total. The SMILES string of the molecule is CC1(C)CC2CC(C)(C)CC3CC(C)(C)CC(C1)C23. The van der Waals surface area contributed by atoms with Gasteiger partial charge in [-0.2, -0.15) is 0 Å². The minimum atomic E-state index is 0.594. The van der Waals surface area contributed by atoms with E-state index in [1.165, 1.54) is 38.5 Å². The molecule has 0 amide bonds. The van der Waals surface area contributed by atoms with Crippen molar-refractivity contribution in [2.24, 2.45) is 39.9 Å². The fourth-order valence-corrected chi connectivity index (χ4v) is 6.70. The van der Waals surface area contributed by atoms with Gasteiger partial charge >= 0.3 is 0 Å². The van der Waals surface area contributed by atoms with Crippen LogP contribution >= 0.6 is 0 Å². The van der Waals surface area contributed by atoms with E-state index in [0.29, 0.717) is 16.2 Å². The summed E-state index contributed by atoms with van der Waals surface area (Å²) in [5, 5.41) is 0. The van der Waals surface area contributed by atoms with Crippen LogP contribution in [0.5, 0.6) is 0 Å². The predicted molar refractivity (Wildman–Crippen MR) is 83.0 cm³/mol. The van der Waals surface area contributed by atoms with Crippen LogP contribution in [0.15, 0.2) is 0 Å². The molecule has 0 saturated heterocycles. The van der Waals surface area contributed by atoms with Crippen molar-refractivity contribution in [3.05, 3.63) is 0 Å². The van der Waals surface area contributed by atoms with Crippen molar-refractivity contribution in [1.29, 1.82) is 0 Å². The van der Waals surface area contributed by atoms with Gasteiger partial charge in [0.2, 0.25) is 0 Å². The molecule has 3 aliphatic rings. The van der Waals surface area contributed by atoms with E-state index in [2.05, 4.69) is 41.5 Å². The smallest absolute Gasteiger partial charge is 0.0328 e. The molecule has 0 aromatic heterocycles. The standard InChI is InChI=1S/C19H34/c1-17(2)7-13-9-18(3,4)11-15-12-19(5,6)10-14(8-17)16(13)15/h13-16H,7-12H2,1-6H3. The molecule has 110 valence electrons. The van der Waals surface area contributed by atoms with Gasteiger partial charge in [-0.15, -0.1) is 0 Å². The van der Waals surface area contributed by atoms with Crippen molar-refractivity contribution >= 4 is 0 Å². The van der Waals surface area contributed by atoms with E-state index in [1.54, 1.807) is 0 Å². The molecule has 0 N–H and O–H groups in total. The Labute approximate surface area is 120 Å². The van der Waals surface area contributed by atoms with E-state index in [1.807, 2.05) is 0 Å². The first-order valence-electron chi connectivity index (χ1n) is 8.57. The summed E-state index contributed by atoms with van der Waals surface area (Å²) >= 11 is 0. The molecule has 0 unspecified atom stereocenters. The molecule has 0 heteroatoms. The summed E-state index contributed by atoms with van der Waals surface area (Å²) in [5.74, 6) is 4.16. The molecule has 3 aliphatic carbocycles. The highest BCUT2D eigenvalue weighted by atomic mass is 14.6. The Morgan fingerprint density at radius 3 is 0.895 bits per heavy atom. The minimum Gasteiger partial charge on any atom is -0.0599 e. The number of hydrogen-bond donors (Lipinski definition) is 0. The Morgan fingerprint density at radius 1 is 0.474 bits per heavy atom. The zero-order valence-electron chi connectivity index (χ0n) is 14.1. The van der Waals surface area contributed by atoms with E-state index < -0.39 is 0 Å². The highest BCUT2D eigenvalue weighted by molar-refractivity contribution is 5.03. The monoisotopic (exact) mass is 262 g/mol. The van der Waals surface area contributed by atoms with Crippen molar-refractivity contribution in [2.75, 3.05) is 0 Å². The van der Waals surface area contributed by atoms with Gasteiger partial charge in [-0.3, -0.25) is 0 Å². The Bertz CT molecular complexity index is 279. The molecule has 0 bridgehead atoms. The third-order valence-corrected chi connectivity index (χ3v) is 6.52. The zero-order chi connectivity index (χ0) is 14.1. The lowest BCUT2D eigenvalue weighted by Gasteiger charge is -2.60. The molecule has 0 spiro atoms. The van der Waals surface area contributed by atoms with E-state index in [-0.39, 0.29) is 0 Å². The fraction of sp³-hybridized carbons (Fsp3) is 1.00. The minimum absolute atomic E-state index is 0.594. The van der Waals surface area contributed by atoms with Gasteiger partial charge in [0.05, 0.1) is 0 Å². The lowest BCUT2D eigenvalue weighted by Crippen LogP contribution is -2.51. The van der Waals surface area contributed by atoms with E-state index >= 15 is 0 Å². The Balaban J connectivity index is 1.92. The van der Waals surface area contributed by atoms with Crippen LogP contribution in [0.25, 0.3) is 0 Å². The van der Waals surface area contributed by atoms with Gasteiger partial charge in [-0.1, -0.05) is 41.5 Å². The maximum atomic E-state index is 2.53. The van der Waals surface area contributed by atoms with Gasteiger partial charge in [0.1, 0.15) is 0 Å². The molecule has 0 radical (unpaired) electrons. The molecule has 0 atom stereocenters. The molecular weight excluding hydrogens is 228 g/mol. The van der Waals surface area contributed by atoms with Gasteiger partial charge < -0.3 is 0 Å². The van der Waals surface area contributed by atoms with Crippen LogP contribution in [-0.2, 0) is 0 Å². The first kappa shape index (κ1) is 14.0. The normalized spacial score (nSPS) is 46.4. The third-order valence-electron chi connectivity index (χ3n) is 6.52. The summed E-state index contributed by atoms with van der Waals surface area (Å²) in [6.07, 6.45) is 8.97. The molecular formula is C19H34. The molecule has 0 aromatic rings. The van der Waals surface area contributed by atoms with Crippen molar-refractivity contribution in [1.82, 2.24) is 0 Å². The molecule has 3 saturated carbocycles. The van der Waals surface area contributed by atoms with Crippen LogP contribution in [0.3, 0.4) is 0 Å². The Morgan fingerprint density at radius 2 is 0.684 bits per heavy atom. The third kappa shape index (κ3) is 2.61. The van der Waals surface area contributed by atoms with Crippen molar-refractivity contribution in [3.8, 4) is 0 Å². The van der Waals surface area contributed by atoms with Gasteiger partial charge in [0, 0.05) is 0 Å². The van der Waals surface area contributed by atoms with Gasteiger partial charge in [0.15, 0.2) is 0 Å². The number of rotatable bonds is 0. The number of hydrogen-bond acceptors (Lipinski definition) is 0. The van der Waals surface area contributed by atoms with Gasteiger partial charge in [0.25, 0.3) is 0 Å². The predicted octanol–water partition coefficient (Wildman–Crippen LogP) is 5.91. The van der Waals surface area contributed by atoms with E-state index in [4.69, 9.17) is 0 Å². The molecule has 0 aliphatic heterocycles. The van der Waals surface area contributed by atoms with Crippen molar-refractivity contribution in [3.63, 3.8) is 0 Å². The lowest BCUT2D eigenvalue weighted by atomic mass is 9.45. The average Bonchev–Trinajstić information content (AvgIpc) is 2.07. The van der Waals surface area contributed by atoms with Gasteiger partial charge in [-0.25, -0.2) is 0 Å². The van der Waals surface area contributed by atoms with Crippen molar-refractivity contribution < 1.29 is 0 Å². The average molecular weight is 262 g/mol. The topological polar surface area (TPSA) is 0 Å². The van der Waals surface area contributed by atoms with Crippen LogP contribution in [-0.4, -0.2) is 0 Å². The second-order valence-electron chi connectivity index (χ2n) is 10.6. The zero-order valence-corrected chi connectivity index (χ0v) is 14.1. The van der Waals surface area contributed by atoms with Crippen LogP contribution in [0.1, 0.15) is 80.1 Å². The Kier molecular flexibility index (Phi) is 2.95. The largest absolute Gasteiger partial charge is 0.0599 e. The summed E-state index contributed by atoms with van der Waals surface area (Å²) in [6.45, 7) is 15.2. The summed E-state index contributed by atoms with van der Waals surface area (Å²) in [7, 11) is 0. The summed E-state index contributed by atoms with van der Waals surface area (Å²) in [6, 6.07) is 0. The summed E-state index contributed by atoms with van der Waals surface area (Å²) in [4.78, 5) is 0. The fourth-order valence-electron chi connectivity index (χ4n) is 6.70. The maximum absolute atomic E-state index is 2.53. The Hall–Kier alpha value is 0.